The number of hydrogen-bond acceptors (Lipinski definition) is 24. The van der Waals surface area contributed by atoms with Gasteiger partial charge in [-0.05, 0) is 61.8 Å². The first-order valence-electron chi connectivity index (χ1n) is 30.1. The fourth-order valence-electron chi connectivity index (χ4n) is 10.3. The van der Waals surface area contributed by atoms with Crippen molar-refractivity contribution in [1.82, 2.24) is 47.4 Å². The number of ether oxygens (including phenoxy) is 5. The maximum Gasteiger partial charge on any atom is 0.303 e. The molecule has 0 spiro atoms. The number of phenols is 1. The minimum atomic E-state index is -1.86. The summed E-state index contributed by atoms with van der Waals surface area (Å²) in [5, 5.41) is 30.3. The molecule has 0 aliphatic carbocycles. The van der Waals surface area contributed by atoms with Gasteiger partial charge in [0.05, 0.1) is 19.0 Å². The van der Waals surface area contributed by atoms with Crippen LogP contribution in [0.15, 0.2) is 54.6 Å². The number of methoxy groups -OCH3 is 1. The Morgan fingerprint density at radius 1 is 0.653 bits per heavy atom. The number of phenolic OH excluding ortho intramolecular Hbond substituents is 1. The summed E-state index contributed by atoms with van der Waals surface area (Å²) in [6.45, 7) is 2.24. The van der Waals surface area contributed by atoms with Crippen molar-refractivity contribution in [2.75, 3.05) is 38.2 Å². The standard InChI is InChI=1S/C59H81N13O21S2/c1-29(73)90-46-47(91-30(2)74)49(92-31(3)75)59(89-4)93-48(46)57(87)64-21-9-8-13-36(51(81)65-26-45(63)79)67-56(86)42-14-10-22-72(42)58(88)41-28-95-94-27-35(60)50(80)68-38(24-33-15-17-34(76)18-16-33)54(84)69-39(23-32-11-6-5-7-12-32)53(83)66-37(19-20-43(61)77)52(82)70-40(25-44(62)78)55(85)71-41/h5-7,11-12,15-18,35-42,46-49,59,76H,8-10,13-14,19-28,60H2,1-4H3,(H2,61,77)(H2,62,78)(H2,63,79)(H,64,87)(H,65,81)(H,66,83)(H,67,86)(H,68,80)(H,69,84)(H,70,82)(H,71,85)/t35-,36-,37-,38-,39-,40-,41-,42-,46-,47-,48-,49+,59-/m0/s1. The van der Waals surface area contributed by atoms with E-state index in [1.54, 1.807) is 30.3 Å². The molecule has 3 fully saturated rings. The Kier molecular flexibility index (Phi) is 30.4. The number of carbonyl (C=O) groups is 15. The lowest BCUT2D eigenvalue weighted by Crippen LogP contribution is -2.64. The van der Waals surface area contributed by atoms with Crippen LogP contribution in [0, 0.1) is 0 Å². The summed E-state index contributed by atoms with van der Waals surface area (Å²) in [5.41, 5.74) is 23.8. The van der Waals surface area contributed by atoms with Gasteiger partial charge in [0, 0.05) is 71.7 Å². The highest BCUT2D eigenvalue weighted by Crippen LogP contribution is 2.30. The van der Waals surface area contributed by atoms with Gasteiger partial charge in [0.15, 0.2) is 30.7 Å². The number of amides is 12. The third-order valence-electron chi connectivity index (χ3n) is 14.8. The molecule has 0 unspecified atom stereocenters. The van der Waals surface area contributed by atoms with E-state index < -0.39 is 194 Å². The zero-order chi connectivity index (χ0) is 70.1. The highest BCUT2D eigenvalue weighted by atomic mass is 33.1. The molecular formula is C59H81N13O21S2. The summed E-state index contributed by atoms with van der Waals surface area (Å²) in [6, 6.07) is 1.98. The van der Waals surface area contributed by atoms with Gasteiger partial charge in [0.2, 0.25) is 65.0 Å². The molecule has 13 atom stereocenters. The lowest BCUT2D eigenvalue weighted by atomic mass is 9.97. The van der Waals surface area contributed by atoms with Crippen LogP contribution in [0.3, 0.4) is 0 Å². The van der Waals surface area contributed by atoms with Gasteiger partial charge in [-0.25, -0.2) is 0 Å². The number of benzene rings is 2. The molecule has 34 nitrogen and oxygen atoms in total. The monoisotopic (exact) mass is 1370 g/mol. The summed E-state index contributed by atoms with van der Waals surface area (Å²) < 4.78 is 27.1. The first-order valence-corrected chi connectivity index (χ1v) is 32.6. The summed E-state index contributed by atoms with van der Waals surface area (Å²) >= 11 is 0. The van der Waals surface area contributed by atoms with E-state index in [1.807, 2.05) is 0 Å². The van der Waals surface area contributed by atoms with Crippen molar-refractivity contribution in [3.05, 3.63) is 65.7 Å². The van der Waals surface area contributed by atoms with Crippen LogP contribution in [-0.4, -0.2) is 216 Å². The number of nitrogens with one attached hydrogen (secondary N) is 8. The average molecular weight is 1370 g/mol. The predicted molar refractivity (Wildman–Crippen MR) is 335 cm³/mol. The van der Waals surface area contributed by atoms with Crippen molar-refractivity contribution in [1.29, 1.82) is 0 Å². The van der Waals surface area contributed by atoms with Gasteiger partial charge in [-0.2, -0.15) is 0 Å². The van der Waals surface area contributed by atoms with E-state index in [4.69, 9.17) is 46.6 Å². The minimum Gasteiger partial charge on any atom is -0.508 e. The van der Waals surface area contributed by atoms with Crippen molar-refractivity contribution >= 4 is 110 Å². The molecule has 520 valence electrons. The Morgan fingerprint density at radius 2 is 1.21 bits per heavy atom. The number of nitrogens with two attached hydrogens (primary N) is 4. The second-order valence-corrected chi connectivity index (χ2v) is 24.9. The zero-order valence-electron chi connectivity index (χ0n) is 52.5. The van der Waals surface area contributed by atoms with Gasteiger partial charge in [-0.1, -0.05) is 64.1 Å². The van der Waals surface area contributed by atoms with Crippen molar-refractivity contribution in [3.8, 4) is 5.75 Å². The molecular weight excluding hydrogens is 1290 g/mol. The molecule has 2 aromatic carbocycles. The lowest BCUT2D eigenvalue weighted by Gasteiger charge is -2.43. The number of hydrogen-bond donors (Lipinski definition) is 13. The molecule has 5 rings (SSSR count). The van der Waals surface area contributed by atoms with Gasteiger partial charge >= 0.3 is 17.9 Å². The molecule has 3 heterocycles. The molecule has 12 amide bonds. The van der Waals surface area contributed by atoms with E-state index in [2.05, 4.69) is 42.5 Å². The minimum absolute atomic E-state index is 0.0178. The fourth-order valence-corrected chi connectivity index (χ4v) is 12.5. The highest BCUT2D eigenvalue weighted by molar-refractivity contribution is 8.76. The Hall–Kier alpha value is -9.13. The molecule has 95 heavy (non-hydrogen) atoms. The fraction of sp³-hybridized carbons (Fsp3) is 0.542. The van der Waals surface area contributed by atoms with Crippen molar-refractivity contribution in [2.45, 2.75) is 164 Å². The molecule has 36 heteroatoms. The van der Waals surface area contributed by atoms with E-state index in [1.165, 1.54) is 24.3 Å². The maximum absolute atomic E-state index is 14.9. The van der Waals surface area contributed by atoms with Gasteiger partial charge in [-0.3, -0.25) is 71.9 Å². The zero-order valence-corrected chi connectivity index (χ0v) is 54.1. The summed E-state index contributed by atoms with van der Waals surface area (Å²) in [4.78, 5) is 202. The van der Waals surface area contributed by atoms with Crippen LogP contribution < -0.4 is 65.5 Å². The quantitative estimate of drug-likeness (QED) is 0.0192. The van der Waals surface area contributed by atoms with Crippen LogP contribution in [0.4, 0.5) is 0 Å². The van der Waals surface area contributed by atoms with Crippen LogP contribution in [-0.2, 0) is 108 Å². The number of primary amides is 3. The molecule has 3 aliphatic rings. The third-order valence-corrected chi connectivity index (χ3v) is 17.3. The van der Waals surface area contributed by atoms with Gasteiger partial charge in [0.25, 0.3) is 5.91 Å². The third kappa shape index (κ3) is 24.6. The second kappa shape index (κ2) is 37.7. The van der Waals surface area contributed by atoms with Gasteiger partial charge in [0.1, 0.15) is 48.0 Å². The SMILES string of the molecule is CO[C@H]1O[C@H](C(=O)NCCCC[C@H](NC(=O)[C@@H]2CCCN2C(=O)[C@@H]2CSSC[C@H](N)C(=O)N[C@@H](Cc3ccc(O)cc3)C(=O)N[C@@H](Cc3ccccc3)C(=O)N[C@@H](CCC(N)=O)C(=O)N[C@@H](CC(N)=O)C(=O)N2)C(=O)NCC(N)=O)[C@@H](OC(C)=O)[C@H](OC(C)=O)[C@H]1OC(C)=O. The molecule has 3 aliphatic heterocycles. The molecule has 0 bridgehead atoms. The number of likely N-dealkylation sites (tertiary alicyclic amines) is 1. The number of rotatable bonds is 25. The molecule has 0 aromatic heterocycles. The van der Waals surface area contributed by atoms with Crippen LogP contribution in [0.5, 0.6) is 5.75 Å². The highest BCUT2D eigenvalue weighted by Gasteiger charge is 2.54. The van der Waals surface area contributed by atoms with Gasteiger partial charge in [-0.15, -0.1) is 0 Å². The van der Waals surface area contributed by atoms with Crippen molar-refractivity contribution in [2.24, 2.45) is 22.9 Å². The Labute approximate surface area is 553 Å². The maximum atomic E-state index is 14.9. The number of unbranched alkanes of at least 4 members (excludes halogenated alkanes) is 1. The number of carbonyl (C=O) groups excluding carboxylic acids is 15. The Bertz CT molecular complexity index is 3120. The summed E-state index contributed by atoms with van der Waals surface area (Å²) in [7, 11) is 3.06. The molecule has 0 radical (unpaired) electrons. The van der Waals surface area contributed by atoms with E-state index in [9.17, 15) is 77.0 Å². The lowest BCUT2D eigenvalue weighted by molar-refractivity contribution is -0.292. The van der Waals surface area contributed by atoms with E-state index in [-0.39, 0.29) is 75.3 Å². The van der Waals surface area contributed by atoms with Gasteiger partial charge < -0.3 is 99.2 Å². The average Bonchev–Trinajstić information content (AvgIpc) is 0.960. The first kappa shape index (κ1) is 76.6. The van der Waals surface area contributed by atoms with Crippen molar-refractivity contribution < 1.29 is 101 Å². The van der Waals surface area contributed by atoms with E-state index in [0.29, 0.717) is 11.1 Å². The normalized spacial score (nSPS) is 25.0. The van der Waals surface area contributed by atoms with Crippen LogP contribution >= 0.6 is 21.6 Å². The topological polar surface area (TPSA) is 526 Å². The molecule has 3 saturated heterocycles. The molecule has 0 saturated carbocycles. The second-order valence-electron chi connectivity index (χ2n) is 22.3. The van der Waals surface area contributed by atoms with E-state index in [0.717, 1.165) is 54.4 Å². The molecule has 17 N–H and O–H groups in total. The summed E-state index contributed by atoms with van der Waals surface area (Å²) in [6.07, 6.45) is -9.83. The molecule has 2 aromatic rings. The Balaban J connectivity index is 1.39. The summed E-state index contributed by atoms with van der Waals surface area (Å²) in [5.74, 6) is -14.7. The van der Waals surface area contributed by atoms with E-state index >= 15 is 0 Å². The number of aromatic hydroxyl groups is 1. The smallest absolute Gasteiger partial charge is 0.303 e. The van der Waals surface area contributed by atoms with Crippen LogP contribution in [0.25, 0.3) is 0 Å². The largest absolute Gasteiger partial charge is 0.508 e. The van der Waals surface area contributed by atoms with Crippen molar-refractivity contribution in [3.63, 3.8) is 0 Å². The van der Waals surface area contributed by atoms with Crippen LogP contribution in [0.2, 0.25) is 0 Å². The number of nitrogens with zero attached hydrogens (tertiary/aromatic N) is 1. The first-order chi connectivity index (χ1) is 45.0. The predicted octanol–water partition coefficient (Wildman–Crippen LogP) is -5.01. The number of esters is 3. The Morgan fingerprint density at radius 3 is 1.81 bits per heavy atom. The van der Waals surface area contributed by atoms with Crippen LogP contribution in [0.1, 0.15) is 83.3 Å².